The van der Waals surface area contributed by atoms with Gasteiger partial charge in [-0.05, 0) is 106 Å². The summed E-state index contributed by atoms with van der Waals surface area (Å²) in [5.41, 5.74) is 6.05. The van der Waals surface area contributed by atoms with Gasteiger partial charge in [0, 0.05) is 56.2 Å². The van der Waals surface area contributed by atoms with Gasteiger partial charge >= 0.3 is 0 Å². The molecule has 4 fully saturated rings. The number of phenolic OH excluding ortho intramolecular Hbond substituents is 1. The van der Waals surface area contributed by atoms with Gasteiger partial charge in [0.15, 0.2) is 0 Å². The van der Waals surface area contributed by atoms with Gasteiger partial charge in [0.1, 0.15) is 5.75 Å². The standard InChI is InChI=1S/C46H55N7O4/c1-50(32-46(36-7-3-2-4-8-36)21-27-52(28-22-46)38-29-41(49-47-30-38)40-9-5-6-10-42(40)54)37-19-25-53(26-20-37)44(56)31-51-23-17-34(18-24-51)33-11-13-35(14-12-33)39-15-16-43(55)48-45(39)57/h2-14,29-30,34,37,39,54H,15-28,31-32H2,1H3,(H,48,55,57)/t39-/m1/s1. The lowest BCUT2D eigenvalue weighted by Gasteiger charge is -2.47. The molecule has 11 nitrogen and oxygen atoms in total. The van der Waals surface area contributed by atoms with E-state index in [2.05, 4.69) is 84.6 Å². The fraction of sp³-hybridized carbons (Fsp3) is 0.457. The van der Waals surface area contributed by atoms with Crippen molar-refractivity contribution in [3.8, 4) is 17.0 Å². The van der Waals surface area contributed by atoms with Gasteiger partial charge in [0.2, 0.25) is 17.7 Å². The smallest absolute Gasteiger partial charge is 0.236 e. The number of piperidine rings is 4. The van der Waals surface area contributed by atoms with Gasteiger partial charge in [-0.1, -0.05) is 66.7 Å². The average molecular weight is 770 g/mol. The Morgan fingerprint density at radius 1 is 0.842 bits per heavy atom. The zero-order valence-corrected chi connectivity index (χ0v) is 33.1. The molecular formula is C46H55N7O4. The Labute approximate surface area is 336 Å². The molecule has 8 rings (SSSR count). The zero-order valence-electron chi connectivity index (χ0n) is 33.1. The number of para-hydroxylation sites is 1. The van der Waals surface area contributed by atoms with E-state index in [0.29, 0.717) is 42.6 Å². The van der Waals surface area contributed by atoms with Crippen LogP contribution in [0.25, 0.3) is 11.3 Å². The third-order valence-corrected chi connectivity index (χ3v) is 13.3. The summed E-state index contributed by atoms with van der Waals surface area (Å²) >= 11 is 0. The van der Waals surface area contributed by atoms with Crippen molar-refractivity contribution in [3.63, 3.8) is 0 Å². The lowest BCUT2D eigenvalue weighted by Crippen LogP contribution is -2.53. The minimum atomic E-state index is -0.255. The maximum absolute atomic E-state index is 13.5. The summed E-state index contributed by atoms with van der Waals surface area (Å²) in [6.07, 6.45) is 8.79. The molecule has 3 aromatic carbocycles. The second kappa shape index (κ2) is 17.2. The lowest BCUT2D eigenvalue weighted by molar-refractivity contribution is -0.135. The maximum atomic E-state index is 13.5. The summed E-state index contributed by atoms with van der Waals surface area (Å²) in [6.45, 7) is 6.64. The SMILES string of the molecule is CN(CC1(c2ccccc2)CCN(c2cnnc(-c3ccccc3O)c2)CC1)C1CCN(C(=O)CN2CCC(c3ccc([C@H]4CCC(=O)NC4=O)cc3)CC2)CC1. The molecule has 2 N–H and O–H groups in total. The van der Waals surface area contributed by atoms with Crippen LogP contribution in [0.2, 0.25) is 0 Å². The molecule has 0 saturated carbocycles. The second-order valence-electron chi connectivity index (χ2n) is 16.7. The molecule has 298 valence electrons. The molecule has 0 radical (unpaired) electrons. The number of nitrogens with one attached hydrogen (secondary N) is 1. The normalized spacial score (nSPS) is 21.1. The number of likely N-dealkylation sites (N-methyl/N-ethyl adjacent to an activating group) is 1. The van der Waals surface area contributed by atoms with Crippen molar-refractivity contribution < 1.29 is 19.5 Å². The van der Waals surface area contributed by atoms with Crippen molar-refractivity contribution in [2.24, 2.45) is 0 Å². The summed E-state index contributed by atoms with van der Waals surface area (Å²) < 4.78 is 0. The predicted molar refractivity (Wildman–Crippen MR) is 221 cm³/mol. The summed E-state index contributed by atoms with van der Waals surface area (Å²) in [5, 5.41) is 21.5. The number of carbonyl (C=O) groups is 3. The minimum absolute atomic E-state index is 0.0160. The molecule has 4 saturated heterocycles. The van der Waals surface area contributed by atoms with E-state index in [1.54, 1.807) is 6.07 Å². The molecular weight excluding hydrogens is 715 g/mol. The Morgan fingerprint density at radius 2 is 1.53 bits per heavy atom. The Kier molecular flexibility index (Phi) is 11.7. The van der Waals surface area contributed by atoms with Crippen LogP contribution in [0.15, 0.2) is 91.1 Å². The van der Waals surface area contributed by atoms with Crippen molar-refractivity contribution in [2.45, 2.75) is 74.7 Å². The Hall–Kier alpha value is -5.13. The molecule has 1 aromatic heterocycles. The van der Waals surface area contributed by atoms with Crippen LogP contribution in [0, 0.1) is 0 Å². The van der Waals surface area contributed by atoms with Crippen molar-refractivity contribution in [3.05, 3.63) is 108 Å². The first-order valence-electron chi connectivity index (χ1n) is 20.8. The Balaban J connectivity index is 0.816. The number of aromatic nitrogens is 2. The number of amides is 3. The fourth-order valence-electron chi connectivity index (χ4n) is 9.76. The molecule has 11 heteroatoms. The number of benzene rings is 3. The van der Waals surface area contributed by atoms with Crippen LogP contribution in [0.1, 0.15) is 79.9 Å². The van der Waals surface area contributed by atoms with Crippen molar-refractivity contribution in [1.82, 2.24) is 30.2 Å². The largest absolute Gasteiger partial charge is 0.507 e. The number of imide groups is 1. The number of anilines is 1. The van der Waals surface area contributed by atoms with E-state index in [-0.39, 0.29) is 34.8 Å². The summed E-state index contributed by atoms with van der Waals surface area (Å²) in [6, 6.07) is 29.1. The van der Waals surface area contributed by atoms with Crippen molar-refractivity contribution in [2.75, 3.05) is 64.3 Å². The number of hydrogen-bond acceptors (Lipinski definition) is 9. The van der Waals surface area contributed by atoms with Crippen LogP contribution in [-0.4, -0.2) is 113 Å². The molecule has 3 amide bonds. The fourth-order valence-corrected chi connectivity index (χ4v) is 9.76. The molecule has 4 aliphatic rings. The molecule has 0 aliphatic carbocycles. The van der Waals surface area contributed by atoms with Gasteiger partial charge in [-0.2, -0.15) is 10.2 Å². The monoisotopic (exact) mass is 769 g/mol. The van der Waals surface area contributed by atoms with Gasteiger partial charge in [-0.25, -0.2) is 0 Å². The van der Waals surface area contributed by atoms with E-state index in [9.17, 15) is 19.5 Å². The van der Waals surface area contributed by atoms with Gasteiger partial charge in [-0.15, -0.1) is 0 Å². The van der Waals surface area contributed by atoms with E-state index in [0.717, 1.165) is 95.6 Å². The zero-order chi connectivity index (χ0) is 39.4. The molecule has 0 unspecified atom stereocenters. The molecule has 0 bridgehead atoms. The van der Waals surface area contributed by atoms with E-state index >= 15 is 0 Å². The van der Waals surface area contributed by atoms with E-state index in [1.807, 2.05) is 42.6 Å². The first-order chi connectivity index (χ1) is 27.7. The third-order valence-electron chi connectivity index (χ3n) is 13.3. The summed E-state index contributed by atoms with van der Waals surface area (Å²) in [4.78, 5) is 46.8. The highest BCUT2D eigenvalue weighted by Gasteiger charge is 2.39. The van der Waals surface area contributed by atoms with Gasteiger partial charge < -0.3 is 19.8 Å². The first kappa shape index (κ1) is 38.7. The number of hydrogen-bond donors (Lipinski definition) is 2. The molecule has 0 spiro atoms. The first-order valence-corrected chi connectivity index (χ1v) is 20.8. The maximum Gasteiger partial charge on any atom is 0.236 e. The highest BCUT2D eigenvalue weighted by Crippen LogP contribution is 2.39. The number of phenols is 1. The van der Waals surface area contributed by atoms with Gasteiger partial charge in [0.05, 0.1) is 30.0 Å². The number of likely N-dealkylation sites (tertiary alicyclic amines) is 2. The molecule has 5 heterocycles. The van der Waals surface area contributed by atoms with Crippen LogP contribution in [0.4, 0.5) is 5.69 Å². The summed E-state index contributed by atoms with van der Waals surface area (Å²) in [5.74, 6) is 0.256. The highest BCUT2D eigenvalue weighted by molar-refractivity contribution is 6.00. The molecule has 4 aliphatic heterocycles. The number of aromatic hydroxyl groups is 1. The molecule has 1 atom stereocenters. The number of nitrogens with zero attached hydrogens (tertiary/aromatic N) is 6. The highest BCUT2D eigenvalue weighted by atomic mass is 16.3. The van der Waals surface area contributed by atoms with Crippen molar-refractivity contribution >= 4 is 23.4 Å². The van der Waals surface area contributed by atoms with Crippen LogP contribution >= 0.6 is 0 Å². The Bertz CT molecular complexity index is 2020. The topological polar surface area (TPSA) is 122 Å². The van der Waals surface area contributed by atoms with E-state index < -0.39 is 0 Å². The average Bonchev–Trinajstić information content (AvgIpc) is 3.25. The van der Waals surface area contributed by atoms with E-state index in [1.165, 1.54) is 11.1 Å². The lowest BCUT2D eigenvalue weighted by atomic mass is 9.72. The molecule has 4 aromatic rings. The third kappa shape index (κ3) is 8.74. The van der Waals surface area contributed by atoms with E-state index in [4.69, 9.17) is 0 Å². The Morgan fingerprint density at radius 3 is 2.23 bits per heavy atom. The van der Waals surface area contributed by atoms with Crippen LogP contribution < -0.4 is 10.2 Å². The van der Waals surface area contributed by atoms with Crippen LogP contribution in [0.3, 0.4) is 0 Å². The number of carbonyl (C=O) groups excluding carboxylic acids is 3. The minimum Gasteiger partial charge on any atom is -0.507 e. The quantitative estimate of drug-likeness (QED) is 0.196. The van der Waals surface area contributed by atoms with Crippen LogP contribution in [0.5, 0.6) is 5.75 Å². The second-order valence-corrected chi connectivity index (χ2v) is 16.7. The van der Waals surface area contributed by atoms with Crippen molar-refractivity contribution in [1.29, 1.82) is 0 Å². The van der Waals surface area contributed by atoms with Gasteiger partial charge in [-0.3, -0.25) is 24.6 Å². The predicted octanol–water partition coefficient (Wildman–Crippen LogP) is 5.71. The molecule has 57 heavy (non-hydrogen) atoms. The van der Waals surface area contributed by atoms with Crippen LogP contribution in [-0.2, 0) is 19.8 Å². The van der Waals surface area contributed by atoms with Gasteiger partial charge in [0.25, 0.3) is 0 Å². The summed E-state index contributed by atoms with van der Waals surface area (Å²) in [7, 11) is 2.27. The number of rotatable bonds is 10.